The number of hydrogen-bond donors (Lipinski definition) is 2. The average molecular weight is 351 g/mol. The van der Waals surface area contributed by atoms with Gasteiger partial charge in [0.15, 0.2) is 0 Å². The Morgan fingerprint density at radius 2 is 1.60 bits per heavy atom. The zero-order chi connectivity index (χ0) is 17.3. The third kappa shape index (κ3) is 4.42. The fourth-order valence-electron chi connectivity index (χ4n) is 7.30. The Balaban J connectivity index is 1.15. The Labute approximate surface area is 154 Å². The lowest BCUT2D eigenvalue weighted by Crippen LogP contribution is -3.14. The molecule has 2 atom stereocenters. The maximum atomic E-state index is 10.4. The van der Waals surface area contributed by atoms with E-state index in [0.717, 1.165) is 36.9 Å². The fraction of sp³-hybridized carbons (Fsp3) is 1.00. The van der Waals surface area contributed by atoms with Crippen molar-refractivity contribution in [1.82, 2.24) is 0 Å². The maximum Gasteiger partial charge on any atom is 0.126 e. The van der Waals surface area contributed by atoms with Crippen LogP contribution >= 0.6 is 0 Å². The highest BCUT2D eigenvalue weighted by Crippen LogP contribution is 2.61. The van der Waals surface area contributed by atoms with Crippen LogP contribution in [0.25, 0.3) is 0 Å². The van der Waals surface area contributed by atoms with E-state index in [1.807, 2.05) is 0 Å². The topological polar surface area (TPSA) is 33.9 Å². The number of aliphatic hydroxyl groups is 1. The molecule has 0 aromatic rings. The highest BCUT2D eigenvalue weighted by atomic mass is 16.5. The van der Waals surface area contributed by atoms with Gasteiger partial charge >= 0.3 is 0 Å². The molecule has 5 saturated carbocycles. The number of ether oxygens (including phenoxy) is 1. The van der Waals surface area contributed by atoms with Crippen LogP contribution in [0, 0.1) is 23.2 Å². The first-order valence-corrected chi connectivity index (χ1v) is 11.2. The van der Waals surface area contributed by atoms with E-state index in [-0.39, 0.29) is 6.10 Å². The minimum atomic E-state index is -0.293. The Morgan fingerprint density at radius 1 is 1.00 bits per heavy atom. The van der Waals surface area contributed by atoms with Crippen LogP contribution in [0.4, 0.5) is 0 Å². The van der Waals surface area contributed by atoms with Crippen LogP contribution < -0.4 is 4.90 Å². The summed E-state index contributed by atoms with van der Waals surface area (Å²) in [5.74, 6) is 3.10. The van der Waals surface area contributed by atoms with Crippen molar-refractivity contribution in [3.63, 3.8) is 0 Å². The summed E-state index contributed by atoms with van der Waals surface area (Å²) in [4.78, 5) is 1.51. The van der Waals surface area contributed by atoms with E-state index in [0.29, 0.717) is 12.0 Å². The van der Waals surface area contributed by atoms with Gasteiger partial charge in [0.05, 0.1) is 19.7 Å². The molecule has 0 aromatic carbocycles. The van der Waals surface area contributed by atoms with Crippen molar-refractivity contribution in [3.8, 4) is 0 Å². The summed E-state index contributed by atoms with van der Waals surface area (Å²) >= 11 is 0. The molecule has 1 unspecified atom stereocenters. The Bertz CT molecular complexity index is 396. The molecule has 0 heterocycles. The molecule has 0 saturated heterocycles. The van der Waals surface area contributed by atoms with Gasteiger partial charge < -0.3 is 14.7 Å². The molecule has 144 valence electrons. The number of quaternary nitrogens is 1. The van der Waals surface area contributed by atoms with E-state index >= 15 is 0 Å². The molecule has 0 amide bonds. The van der Waals surface area contributed by atoms with E-state index in [1.165, 1.54) is 81.9 Å². The molecule has 5 fully saturated rings. The number of rotatable bonds is 8. The van der Waals surface area contributed by atoms with Gasteiger partial charge in [0.1, 0.15) is 12.6 Å². The summed E-state index contributed by atoms with van der Waals surface area (Å²) in [6.07, 6.45) is 16.8. The second kappa shape index (κ2) is 7.86. The standard InChI is InChI=1S/C22H39NO2/c1-23(20-5-3-2-4-6-20)15-21(24)16-25-8-7-22-12-17-9-18(13-22)11-19(10-17)14-22/h17-21,24H,2-16H2,1H3/p+1/t17?,18?,19?,21-,22?/m0/s1. The molecule has 4 bridgehead atoms. The Morgan fingerprint density at radius 3 is 2.20 bits per heavy atom. The van der Waals surface area contributed by atoms with Crippen LogP contribution in [0.2, 0.25) is 0 Å². The number of likely N-dealkylation sites (N-methyl/N-ethyl adjacent to an activating group) is 1. The lowest BCUT2D eigenvalue weighted by atomic mass is 9.49. The molecule has 0 spiro atoms. The van der Waals surface area contributed by atoms with Crippen molar-refractivity contribution < 1.29 is 14.7 Å². The second-order valence-corrected chi connectivity index (χ2v) is 10.3. The molecule has 25 heavy (non-hydrogen) atoms. The van der Waals surface area contributed by atoms with Gasteiger partial charge in [-0.15, -0.1) is 0 Å². The summed E-state index contributed by atoms with van der Waals surface area (Å²) in [6, 6.07) is 0.760. The van der Waals surface area contributed by atoms with Gasteiger partial charge in [-0.2, -0.15) is 0 Å². The van der Waals surface area contributed by atoms with Crippen LogP contribution in [0.3, 0.4) is 0 Å². The van der Waals surface area contributed by atoms with Gasteiger partial charge in [-0.1, -0.05) is 6.42 Å². The smallest absolute Gasteiger partial charge is 0.126 e. The molecule has 5 aliphatic rings. The highest BCUT2D eigenvalue weighted by molar-refractivity contribution is 5.01. The molecular weight excluding hydrogens is 310 g/mol. The van der Waals surface area contributed by atoms with Crippen molar-refractivity contribution in [2.45, 2.75) is 89.2 Å². The summed E-state index contributed by atoms with van der Waals surface area (Å²) in [6.45, 7) is 2.25. The van der Waals surface area contributed by atoms with E-state index in [9.17, 15) is 5.11 Å². The number of hydrogen-bond acceptors (Lipinski definition) is 2. The van der Waals surface area contributed by atoms with Gasteiger partial charge in [0.25, 0.3) is 0 Å². The predicted octanol–water partition coefficient (Wildman–Crippen LogP) is 2.82. The zero-order valence-electron chi connectivity index (χ0n) is 16.3. The van der Waals surface area contributed by atoms with Crippen molar-refractivity contribution in [2.24, 2.45) is 23.2 Å². The molecule has 0 aliphatic heterocycles. The van der Waals surface area contributed by atoms with Crippen molar-refractivity contribution in [2.75, 3.05) is 26.8 Å². The SMILES string of the molecule is C[NH+](C[C@H](O)COCCC12CC3CC(CC(C3)C1)C2)C1CCCCC1. The summed E-state index contributed by atoms with van der Waals surface area (Å²) < 4.78 is 5.96. The van der Waals surface area contributed by atoms with E-state index in [1.54, 1.807) is 0 Å². The lowest BCUT2D eigenvalue weighted by Gasteiger charge is -2.57. The summed E-state index contributed by atoms with van der Waals surface area (Å²) in [7, 11) is 2.26. The maximum absolute atomic E-state index is 10.4. The minimum absolute atomic E-state index is 0.293. The minimum Gasteiger partial charge on any atom is -0.385 e. The van der Waals surface area contributed by atoms with Crippen molar-refractivity contribution in [1.29, 1.82) is 0 Å². The lowest BCUT2D eigenvalue weighted by molar-refractivity contribution is -0.910. The molecule has 5 aliphatic carbocycles. The van der Waals surface area contributed by atoms with Gasteiger partial charge in [0.2, 0.25) is 0 Å². The highest BCUT2D eigenvalue weighted by Gasteiger charge is 2.50. The Hall–Kier alpha value is -0.120. The monoisotopic (exact) mass is 350 g/mol. The van der Waals surface area contributed by atoms with E-state index in [2.05, 4.69) is 7.05 Å². The van der Waals surface area contributed by atoms with Crippen LogP contribution in [0.15, 0.2) is 0 Å². The first-order valence-electron chi connectivity index (χ1n) is 11.2. The quantitative estimate of drug-likeness (QED) is 0.660. The van der Waals surface area contributed by atoms with E-state index < -0.39 is 0 Å². The third-order valence-electron chi connectivity index (χ3n) is 8.11. The van der Waals surface area contributed by atoms with Crippen LogP contribution in [0.5, 0.6) is 0 Å². The first-order chi connectivity index (χ1) is 12.1. The van der Waals surface area contributed by atoms with Gasteiger partial charge in [-0.3, -0.25) is 0 Å². The fourth-order valence-corrected chi connectivity index (χ4v) is 7.30. The van der Waals surface area contributed by atoms with Crippen molar-refractivity contribution in [3.05, 3.63) is 0 Å². The molecule has 2 N–H and O–H groups in total. The summed E-state index contributed by atoms with van der Waals surface area (Å²) in [5.41, 5.74) is 0.615. The first kappa shape index (κ1) is 18.3. The Kier molecular flexibility index (Phi) is 5.74. The van der Waals surface area contributed by atoms with Crippen LogP contribution in [-0.4, -0.2) is 44.1 Å². The van der Waals surface area contributed by atoms with Gasteiger partial charge in [-0.05, 0) is 93.8 Å². The number of nitrogens with one attached hydrogen (secondary N) is 1. The molecule has 5 rings (SSSR count). The molecule has 3 heteroatoms. The third-order valence-corrected chi connectivity index (χ3v) is 8.11. The largest absolute Gasteiger partial charge is 0.385 e. The molecule has 0 aromatic heterocycles. The molecule has 3 nitrogen and oxygen atoms in total. The summed E-state index contributed by atoms with van der Waals surface area (Å²) in [5, 5.41) is 10.4. The van der Waals surface area contributed by atoms with Crippen LogP contribution in [-0.2, 0) is 4.74 Å². The van der Waals surface area contributed by atoms with Gasteiger partial charge in [-0.25, -0.2) is 0 Å². The predicted molar refractivity (Wildman–Crippen MR) is 101 cm³/mol. The average Bonchev–Trinajstić information content (AvgIpc) is 2.58. The van der Waals surface area contributed by atoms with Crippen molar-refractivity contribution >= 4 is 0 Å². The van der Waals surface area contributed by atoms with Crippen LogP contribution in [0.1, 0.15) is 77.0 Å². The zero-order valence-corrected chi connectivity index (χ0v) is 16.3. The molecular formula is C22H40NO2+. The molecule has 0 radical (unpaired) electrons. The normalized spacial score (nSPS) is 40.3. The van der Waals surface area contributed by atoms with E-state index in [4.69, 9.17) is 4.74 Å². The number of aliphatic hydroxyl groups excluding tert-OH is 1. The second-order valence-electron chi connectivity index (χ2n) is 10.3. The van der Waals surface area contributed by atoms with Gasteiger partial charge in [0, 0.05) is 6.61 Å².